The Labute approximate surface area is 104 Å². The first-order chi connectivity index (χ1) is 7.67. The number of hydrogen-bond donors (Lipinski definition) is 1. The molecule has 3 nitrogen and oxygen atoms in total. The van der Waals surface area contributed by atoms with Gasteiger partial charge in [-0.15, -0.1) is 11.6 Å². The van der Waals surface area contributed by atoms with E-state index in [-0.39, 0.29) is 0 Å². The number of rotatable bonds is 6. The summed E-state index contributed by atoms with van der Waals surface area (Å²) in [6, 6.07) is 0.391. The quantitative estimate of drug-likeness (QED) is 0.722. The highest BCUT2D eigenvalue weighted by molar-refractivity contribution is 6.18. The molecule has 0 aliphatic carbocycles. The van der Waals surface area contributed by atoms with Crippen molar-refractivity contribution in [3.8, 4) is 0 Å². The Kier molecular flexibility index (Phi) is 6.66. The third-order valence-electron chi connectivity index (χ3n) is 3.25. The lowest BCUT2D eigenvalue weighted by Crippen LogP contribution is -2.49. The molecule has 1 aliphatic rings. The zero-order valence-electron chi connectivity index (χ0n) is 10.7. The van der Waals surface area contributed by atoms with E-state index in [0.717, 1.165) is 32.8 Å². The van der Waals surface area contributed by atoms with Gasteiger partial charge in [0, 0.05) is 31.6 Å². The van der Waals surface area contributed by atoms with Crippen LogP contribution in [-0.2, 0) is 4.74 Å². The van der Waals surface area contributed by atoms with Crippen LogP contribution in [0.15, 0.2) is 0 Å². The highest BCUT2D eigenvalue weighted by Crippen LogP contribution is 2.07. The Balaban J connectivity index is 2.25. The van der Waals surface area contributed by atoms with Gasteiger partial charge in [0.2, 0.25) is 0 Å². The van der Waals surface area contributed by atoms with Crippen molar-refractivity contribution in [3.63, 3.8) is 0 Å². The lowest BCUT2D eigenvalue weighted by molar-refractivity contribution is -0.0266. The molecule has 2 atom stereocenters. The van der Waals surface area contributed by atoms with Crippen molar-refractivity contribution in [2.24, 2.45) is 5.92 Å². The lowest BCUT2D eigenvalue weighted by atomic mass is 10.1. The highest BCUT2D eigenvalue weighted by atomic mass is 35.5. The summed E-state index contributed by atoms with van der Waals surface area (Å²) in [6.45, 7) is 11.6. The van der Waals surface area contributed by atoms with E-state index in [4.69, 9.17) is 16.3 Å². The molecule has 4 heteroatoms. The number of alkyl halides is 1. The largest absolute Gasteiger partial charge is 0.374 e. The van der Waals surface area contributed by atoms with Gasteiger partial charge < -0.3 is 10.1 Å². The Morgan fingerprint density at radius 3 is 2.81 bits per heavy atom. The van der Waals surface area contributed by atoms with E-state index in [1.165, 1.54) is 0 Å². The number of nitrogens with zero attached hydrogens (tertiary/aromatic N) is 1. The molecule has 1 fully saturated rings. The summed E-state index contributed by atoms with van der Waals surface area (Å²) in [5, 5.41) is 3.50. The molecule has 0 bridgehead atoms. The van der Waals surface area contributed by atoms with Crippen LogP contribution in [0.4, 0.5) is 0 Å². The van der Waals surface area contributed by atoms with Crippen LogP contribution in [0, 0.1) is 5.92 Å². The molecular formula is C12H25ClN2O. The van der Waals surface area contributed by atoms with Crippen LogP contribution in [0.25, 0.3) is 0 Å². The maximum absolute atomic E-state index is 5.92. The molecule has 96 valence electrons. The van der Waals surface area contributed by atoms with E-state index in [1.54, 1.807) is 0 Å². The molecular weight excluding hydrogens is 224 g/mol. The summed E-state index contributed by atoms with van der Waals surface area (Å²) < 4.78 is 5.74. The number of likely N-dealkylation sites (N-methyl/N-ethyl adjacent to an activating group) is 1. The molecule has 1 aliphatic heterocycles. The zero-order chi connectivity index (χ0) is 12.0. The van der Waals surface area contributed by atoms with Crippen LogP contribution in [-0.4, -0.2) is 55.7 Å². The molecule has 0 aromatic carbocycles. The van der Waals surface area contributed by atoms with E-state index in [9.17, 15) is 0 Å². The molecule has 16 heavy (non-hydrogen) atoms. The van der Waals surface area contributed by atoms with E-state index >= 15 is 0 Å². The highest BCUT2D eigenvalue weighted by Gasteiger charge is 2.20. The topological polar surface area (TPSA) is 24.5 Å². The molecule has 2 unspecified atom stereocenters. The number of halogens is 1. The normalized spacial score (nSPS) is 24.9. The van der Waals surface area contributed by atoms with Gasteiger partial charge in [-0.3, -0.25) is 4.90 Å². The molecule has 0 aromatic rings. The van der Waals surface area contributed by atoms with Gasteiger partial charge in [0.25, 0.3) is 0 Å². The summed E-state index contributed by atoms with van der Waals surface area (Å²) in [6.07, 6.45) is 0.318. The first-order valence-electron chi connectivity index (χ1n) is 6.30. The molecule has 0 spiro atoms. The number of morpholine rings is 1. The summed E-state index contributed by atoms with van der Waals surface area (Å²) in [5.74, 6) is 1.24. The van der Waals surface area contributed by atoms with Gasteiger partial charge in [-0.2, -0.15) is 0 Å². The number of hydrogen-bond acceptors (Lipinski definition) is 3. The van der Waals surface area contributed by atoms with E-state index in [1.807, 2.05) is 0 Å². The Morgan fingerprint density at radius 1 is 1.50 bits per heavy atom. The second-order valence-electron chi connectivity index (χ2n) is 4.80. The zero-order valence-corrected chi connectivity index (χ0v) is 11.5. The monoisotopic (exact) mass is 248 g/mol. The summed E-state index contributed by atoms with van der Waals surface area (Å²) >= 11 is 5.92. The molecule has 0 amide bonds. The van der Waals surface area contributed by atoms with Crippen LogP contribution < -0.4 is 5.32 Å². The van der Waals surface area contributed by atoms with Gasteiger partial charge in [0.1, 0.15) is 0 Å². The second kappa shape index (κ2) is 7.49. The minimum atomic E-state index is 0.318. The molecule has 0 radical (unpaired) electrons. The van der Waals surface area contributed by atoms with E-state index < -0.39 is 0 Å². The smallest absolute Gasteiger partial charge is 0.0826 e. The van der Waals surface area contributed by atoms with Crippen LogP contribution in [0.1, 0.15) is 20.8 Å². The fourth-order valence-electron chi connectivity index (χ4n) is 1.94. The summed E-state index contributed by atoms with van der Waals surface area (Å²) in [4.78, 5) is 2.43. The third kappa shape index (κ3) is 4.58. The van der Waals surface area contributed by atoms with Crippen molar-refractivity contribution in [2.75, 3.05) is 38.7 Å². The van der Waals surface area contributed by atoms with Crippen molar-refractivity contribution in [1.29, 1.82) is 0 Å². The van der Waals surface area contributed by atoms with Gasteiger partial charge in [-0.05, 0) is 12.5 Å². The van der Waals surface area contributed by atoms with Gasteiger partial charge in [0.05, 0.1) is 12.7 Å². The Morgan fingerprint density at radius 2 is 2.25 bits per heavy atom. The first-order valence-corrected chi connectivity index (χ1v) is 6.84. The van der Waals surface area contributed by atoms with Crippen molar-refractivity contribution < 1.29 is 4.74 Å². The molecule has 1 rings (SSSR count). The third-order valence-corrected chi connectivity index (χ3v) is 3.58. The average Bonchev–Trinajstić information content (AvgIpc) is 2.29. The van der Waals surface area contributed by atoms with Crippen molar-refractivity contribution in [2.45, 2.75) is 32.9 Å². The lowest BCUT2D eigenvalue weighted by Gasteiger charge is -2.33. The van der Waals surface area contributed by atoms with Crippen LogP contribution in [0.2, 0.25) is 0 Å². The fourth-order valence-corrected chi connectivity index (χ4v) is 2.41. The minimum Gasteiger partial charge on any atom is -0.374 e. The standard InChI is InChI=1S/C12H25ClN2O/c1-4-15-5-6-16-11(9-15)8-14-12(7-13)10(2)3/h10-12,14H,4-9H2,1-3H3. The number of nitrogens with one attached hydrogen (secondary N) is 1. The van der Waals surface area contributed by atoms with Crippen LogP contribution >= 0.6 is 11.6 Å². The van der Waals surface area contributed by atoms with Gasteiger partial charge in [-0.25, -0.2) is 0 Å². The molecule has 0 saturated carbocycles. The minimum absolute atomic E-state index is 0.318. The van der Waals surface area contributed by atoms with Crippen LogP contribution in [0.3, 0.4) is 0 Å². The summed E-state index contributed by atoms with van der Waals surface area (Å²) in [5.41, 5.74) is 0. The van der Waals surface area contributed by atoms with Crippen molar-refractivity contribution >= 4 is 11.6 Å². The molecule has 1 heterocycles. The van der Waals surface area contributed by atoms with Crippen LogP contribution in [0.5, 0.6) is 0 Å². The van der Waals surface area contributed by atoms with Gasteiger partial charge >= 0.3 is 0 Å². The Bertz CT molecular complexity index is 190. The maximum Gasteiger partial charge on any atom is 0.0826 e. The predicted octanol–water partition coefficient (Wildman–Crippen LogP) is 1.56. The van der Waals surface area contributed by atoms with Gasteiger partial charge in [-0.1, -0.05) is 20.8 Å². The maximum atomic E-state index is 5.92. The van der Waals surface area contributed by atoms with Crippen molar-refractivity contribution in [3.05, 3.63) is 0 Å². The van der Waals surface area contributed by atoms with Gasteiger partial charge in [0.15, 0.2) is 0 Å². The average molecular weight is 249 g/mol. The number of ether oxygens (including phenoxy) is 1. The SMILES string of the molecule is CCN1CCOC(CNC(CCl)C(C)C)C1. The van der Waals surface area contributed by atoms with Crippen molar-refractivity contribution in [1.82, 2.24) is 10.2 Å². The second-order valence-corrected chi connectivity index (χ2v) is 5.11. The molecule has 1 saturated heterocycles. The first kappa shape index (κ1) is 14.2. The summed E-state index contributed by atoms with van der Waals surface area (Å²) in [7, 11) is 0. The fraction of sp³-hybridized carbons (Fsp3) is 1.00. The molecule has 1 N–H and O–H groups in total. The molecule has 0 aromatic heterocycles. The van der Waals surface area contributed by atoms with E-state index in [0.29, 0.717) is 23.9 Å². The Hall–Kier alpha value is 0.170. The predicted molar refractivity (Wildman–Crippen MR) is 69.2 cm³/mol. The van der Waals surface area contributed by atoms with E-state index in [2.05, 4.69) is 31.0 Å².